The second-order valence-corrected chi connectivity index (χ2v) is 10.3. The van der Waals surface area contributed by atoms with Crippen molar-refractivity contribution in [2.75, 3.05) is 10.8 Å². The molecule has 3 aromatic carbocycles. The summed E-state index contributed by atoms with van der Waals surface area (Å²) in [4.78, 5) is 12.7. The molecule has 0 bridgehead atoms. The molecule has 0 radical (unpaired) electrons. The number of aryl methyl sites for hydroxylation is 2. The molecule has 0 unspecified atom stereocenters. The molecule has 0 aliphatic heterocycles. The van der Waals surface area contributed by atoms with E-state index in [0.29, 0.717) is 20.6 Å². The summed E-state index contributed by atoms with van der Waals surface area (Å²) in [6.45, 7) is 3.12. The molecule has 0 heterocycles. The highest BCUT2D eigenvalue weighted by molar-refractivity contribution is 7.92. The van der Waals surface area contributed by atoms with E-state index in [-0.39, 0.29) is 10.6 Å². The van der Waals surface area contributed by atoms with Crippen molar-refractivity contribution in [3.63, 3.8) is 0 Å². The molecule has 0 saturated carbocycles. The fourth-order valence-electron chi connectivity index (χ4n) is 2.86. The van der Waals surface area contributed by atoms with Crippen molar-refractivity contribution < 1.29 is 13.2 Å². The Morgan fingerprint density at radius 3 is 2.21 bits per heavy atom. The maximum absolute atomic E-state index is 13.4. The Bertz CT molecular complexity index is 1290. The first-order chi connectivity index (χ1) is 15.6. The fraction of sp³-hybridized carbons (Fsp3) is 0.130. The van der Waals surface area contributed by atoms with Crippen molar-refractivity contribution in [2.24, 2.45) is 5.10 Å². The number of amides is 1. The minimum absolute atomic E-state index is 0.0453. The van der Waals surface area contributed by atoms with Crippen LogP contribution in [-0.2, 0) is 14.8 Å². The SMILES string of the molecule is Cc1ccc(S(=O)(=O)N(CC(=O)N/N=C\c2c(Cl)cccc2Cl)c2ccc(C)c(Cl)c2)cc1. The van der Waals surface area contributed by atoms with Crippen LogP contribution in [0.4, 0.5) is 5.69 Å². The Kier molecular flexibility index (Phi) is 8.02. The van der Waals surface area contributed by atoms with Crippen molar-refractivity contribution in [1.29, 1.82) is 0 Å². The first kappa shape index (κ1) is 25.1. The van der Waals surface area contributed by atoms with E-state index in [9.17, 15) is 13.2 Å². The zero-order valence-corrected chi connectivity index (χ0v) is 20.8. The maximum atomic E-state index is 13.4. The van der Waals surface area contributed by atoms with Gasteiger partial charge in [-0.15, -0.1) is 0 Å². The van der Waals surface area contributed by atoms with Gasteiger partial charge in [0, 0.05) is 10.6 Å². The van der Waals surface area contributed by atoms with Crippen LogP contribution >= 0.6 is 34.8 Å². The number of nitrogens with zero attached hydrogens (tertiary/aromatic N) is 2. The maximum Gasteiger partial charge on any atom is 0.264 e. The van der Waals surface area contributed by atoms with Crippen molar-refractivity contribution in [3.8, 4) is 0 Å². The molecule has 0 aliphatic rings. The number of sulfonamides is 1. The predicted octanol–water partition coefficient (Wildman–Crippen LogP) is 5.61. The second-order valence-electron chi connectivity index (χ2n) is 7.19. The summed E-state index contributed by atoms with van der Waals surface area (Å²) in [5, 5.41) is 4.96. The first-order valence-corrected chi connectivity index (χ1v) is 12.3. The minimum Gasteiger partial charge on any atom is -0.271 e. The lowest BCUT2D eigenvalue weighted by molar-refractivity contribution is -0.119. The van der Waals surface area contributed by atoms with Crippen LogP contribution in [0.2, 0.25) is 15.1 Å². The van der Waals surface area contributed by atoms with Gasteiger partial charge in [0.25, 0.3) is 15.9 Å². The highest BCUT2D eigenvalue weighted by Crippen LogP contribution is 2.28. The van der Waals surface area contributed by atoms with E-state index in [4.69, 9.17) is 34.8 Å². The quantitative estimate of drug-likeness (QED) is 0.322. The number of carbonyl (C=O) groups excluding carboxylic acids is 1. The van der Waals surface area contributed by atoms with Gasteiger partial charge in [0.05, 0.1) is 26.8 Å². The number of rotatable bonds is 7. The number of benzene rings is 3. The van der Waals surface area contributed by atoms with E-state index in [1.165, 1.54) is 24.4 Å². The smallest absolute Gasteiger partial charge is 0.264 e. The van der Waals surface area contributed by atoms with Crippen LogP contribution in [0.5, 0.6) is 0 Å². The third-order valence-electron chi connectivity index (χ3n) is 4.72. The molecule has 10 heteroatoms. The molecule has 1 N–H and O–H groups in total. The van der Waals surface area contributed by atoms with Crippen LogP contribution in [0.15, 0.2) is 70.7 Å². The van der Waals surface area contributed by atoms with Gasteiger partial charge in [0.1, 0.15) is 6.54 Å². The van der Waals surface area contributed by atoms with Crippen LogP contribution < -0.4 is 9.73 Å². The lowest BCUT2D eigenvalue weighted by Crippen LogP contribution is -2.39. The van der Waals surface area contributed by atoms with Crippen molar-refractivity contribution in [2.45, 2.75) is 18.7 Å². The van der Waals surface area contributed by atoms with Gasteiger partial charge >= 0.3 is 0 Å². The van der Waals surface area contributed by atoms with Gasteiger partial charge < -0.3 is 0 Å². The van der Waals surface area contributed by atoms with Crippen molar-refractivity contribution >= 4 is 62.6 Å². The summed E-state index contributed by atoms with van der Waals surface area (Å²) < 4.78 is 27.8. The Hall–Kier alpha value is -2.58. The van der Waals surface area contributed by atoms with Crippen molar-refractivity contribution in [3.05, 3.63) is 92.4 Å². The monoisotopic (exact) mass is 523 g/mol. The molecule has 172 valence electrons. The van der Waals surface area contributed by atoms with Crippen molar-refractivity contribution in [1.82, 2.24) is 5.43 Å². The third kappa shape index (κ3) is 6.06. The van der Waals surface area contributed by atoms with Gasteiger partial charge in [-0.3, -0.25) is 9.10 Å². The van der Waals surface area contributed by atoms with Crippen LogP contribution in [-0.4, -0.2) is 27.1 Å². The van der Waals surface area contributed by atoms with Crippen LogP contribution in [0.25, 0.3) is 0 Å². The average molecular weight is 525 g/mol. The number of hydrazone groups is 1. The second kappa shape index (κ2) is 10.6. The molecular weight excluding hydrogens is 505 g/mol. The van der Waals surface area contributed by atoms with E-state index in [1.54, 1.807) is 49.4 Å². The van der Waals surface area contributed by atoms with Gasteiger partial charge in [-0.1, -0.05) is 64.6 Å². The lowest BCUT2D eigenvalue weighted by Gasteiger charge is -2.24. The topological polar surface area (TPSA) is 78.8 Å². The third-order valence-corrected chi connectivity index (χ3v) is 7.58. The molecule has 3 rings (SSSR count). The molecule has 0 aliphatic carbocycles. The number of carbonyl (C=O) groups is 1. The van der Waals surface area contributed by atoms with Crippen LogP contribution in [0.1, 0.15) is 16.7 Å². The highest BCUT2D eigenvalue weighted by atomic mass is 35.5. The van der Waals surface area contributed by atoms with E-state index in [1.807, 2.05) is 6.92 Å². The number of hydrogen-bond donors (Lipinski definition) is 1. The molecule has 3 aromatic rings. The Labute approximate surface area is 207 Å². The normalized spacial score (nSPS) is 11.5. The summed E-state index contributed by atoms with van der Waals surface area (Å²) in [6, 6.07) is 16.1. The van der Waals surface area contributed by atoms with Crippen LogP contribution in [0.3, 0.4) is 0 Å². The summed E-state index contributed by atoms with van der Waals surface area (Å²) in [7, 11) is -4.07. The summed E-state index contributed by atoms with van der Waals surface area (Å²) in [5.41, 5.74) is 4.68. The van der Waals surface area contributed by atoms with E-state index >= 15 is 0 Å². The van der Waals surface area contributed by atoms with Gasteiger partial charge in [-0.05, 0) is 55.8 Å². The van der Waals surface area contributed by atoms with Crippen LogP contribution in [0, 0.1) is 13.8 Å². The molecule has 0 saturated heterocycles. The van der Waals surface area contributed by atoms with E-state index in [2.05, 4.69) is 10.5 Å². The van der Waals surface area contributed by atoms with Gasteiger partial charge in [-0.2, -0.15) is 5.10 Å². The minimum atomic E-state index is -4.07. The highest BCUT2D eigenvalue weighted by Gasteiger charge is 2.27. The van der Waals surface area contributed by atoms with Gasteiger partial charge in [0.2, 0.25) is 0 Å². The molecule has 0 atom stereocenters. The first-order valence-electron chi connectivity index (χ1n) is 9.71. The summed E-state index contributed by atoms with van der Waals surface area (Å²) >= 11 is 18.4. The summed E-state index contributed by atoms with van der Waals surface area (Å²) in [5.74, 6) is -0.665. The predicted molar refractivity (Wildman–Crippen MR) is 134 cm³/mol. The lowest BCUT2D eigenvalue weighted by atomic mass is 10.2. The van der Waals surface area contributed by atoms with E-state index < -0.39 is 22.5 Å². The number of anilines is 1. The zero-order chi connectivity index (χ0) is 24.2. The Balaban J connectivity index is 1.89. The largest absolute Gasteiger partial charge is 0.271 e. The number of nitrogens with one attached hydrogen (secondary N) is 1. The zero-order valence-electron chi connectivity index (χ0n) is 17.7. The average Bonchev–Trinajstić information content (AvgIpc) is 2.76. The standard InChI is InChI=1S/C23H20Cl3N3O3S/c1-15-6-10-18(11-7-15)33(31,32)29(17-9-8-16(2)22(26)12-17)14-23(30)28-27-13-19-20(24)4-3-5-21(19)25/h3-13H,14H2,1-2H3,(H,28,30)/b27-13-. The molecule has 6 nitrogen and oxygen atoms in total. The Morgan fingerprint density at radius 1 is 0.970 bits per heavy atom. The molecule has 0 fully saturated rings. The molecule has 1 amide bonds. The number of halogens is 3. The fourth-order valence-corrected chi connectivity index (χ4v) is 4.94. The molecule has 0 spiro atoms. The Morgan fingerprint density at radius 2 is 1.61 bits per heavy atom. The van der Waals surface area contributed by atoms with Gasteiger partial charge in [0.15, 0.2) is 0 Å². The molecular formula is C23H20Cl3N3O3S. The molecule has 33 heavy (non-hydrogen) atoms. The number of hydrogen-bond acceptors (Lipinski definition) is 4. The summed E-state index contributed by atoms with van der Waals surface area (Å²) in [6.07, 6.45) is 1.30. The van der Waals surface area contributed by atoms with Gasteiger partial charge in [-0.25, -0.2) is 13.8 Å². The van der Waals surface area contributed by atoms with E-state index in [0.717, 1.165) is 15.4 Å². The molecule has 0 aromatic heterocycles.